The SMILES string of the molecule is CC1(Nc2c(C#N)cnc3c(Cl)cc(NC(C4=CN(C5CC5)NN4)c4ccc(F)cc4)cc23)CC1. The molecule has 7 nitrogen and oxygen atoms in total. The van der Waals surface area contributed by atoms with Gasteiger partial charge in [-0.15, -0.1) is 5.53 Å². The molecule has 1 aliphatic heterocycles. The molecule has 2 aliphatic carbocycles. The van der Waals surface area contributed by atoms with E-state index in [4.69, 9.17) is 11.6 Å². The molecular formula is C26H25ClFN7. The van der Waals surface area contributed by atoms with Crippen LogP contribution in [0.2, 0.25) is 5.02 Å². The molecule has 0 spiro atoms. The third kappa shape index (κ3) is 4.33. The van der Waals surface area contributed by atoms with Gasteiger partial charge in [0, 0.05) is 35.1 Å². The lowest BCUT2D eigenvalue weighted by Gasteiger charge is -2.23. The number of aromatic nitrogens is 1. The fraction of sp³-hybridized carbons (Fsp3) is 0.308. The molecule has 9 heteroatoms. The largest absolute Gasteiger partial charge is 0.378 e. The van der Waals surface area contributed by atoms with Gasteiger partial charge in [-0.25, -0.2) is 4.39 Å². The highest BCUT2D eigenvalue weighted by molar-refractivity contribution is 6.35. The van der Waals surface area contributed by atoms with E-state index in [0.29, 0.717) is 22.1 Å². The number of hydrazine groups is 2. The first-order chi connectivity index (χ1) is 16.9. The van der Waals surface area contributed by atoms with Crippen LogP contribution in [0.1, 0.15) is 49.8 Å². The minimum Gasteiger partial charge on any atom is -0.378 e. The Morgan fingerprint density at radius 2 is 2.03 bits per heavy atom. The summed E-state index contributed by atoms with van der Waals surface area (Å²) in [6.45, 7) is 2.14. The molecule has 0 saturated heterocycles. The Hall–Kier alpha value is -3.54. The molecule has 0 radical (unpaired) electrons. The van der Waals surface area contributed by atoms with Crippen molar-refractivity contribution in [3.05, 3.63) is 76.5 Å². The van der Waals surface area contributed by atoms with E-state index in [-0.39, 0.29) is 17.4 Å². The van der Waals surface area contributed by atoms with Gasteiger partial charge in [-0.1, -0.05) is 23.7 Å². The number of fused-ring (bicyclic) bond motifs is 1. The van der Waals surface area contributed by atoms with Gasteiger partial charge in [-0.05, 0) is 62.4 Å². The summed E-state index contributed by atoms with van der Waals surface area (Å²) in [7, 11) is 0. The number of nitriles is 1. The summed E-state index contributed by atoms with van der Waals surface area (Å²) in [5.74, 6) is -0.285. The standard InChI is InChI=1S/C26H25ClFN7/c1-26(8-9-26)32-23-16(12-29)13-30-25-20(23)10-18(11-21(25)27)31-24(15-2-4-17(28)5-3-15)22-14-35(34-33-22)19-6-7-19/h2-5,10-11,13-14,19,24,31,33-34H,6-9H2,1H3,(H,30,32). The minimum absolute atomic E-state index is 0.0248. The summed E-state index contributed by atoms with van der Waals surface area (Å²) in [6, 6.07) is 12.7. The van der Waals surface area contributed by atoms with Crippen LogP contribution in [0, 0.1) is 17.1 Å². The topological polar surface area (TPSA) is 88.0 Å². The molecule has 2 heterocycles. The summed E-state index contributed by atoms with van der Waals surface area (Å²) in [6.07, 6.45) is 8.01. The van der Waals surface area contributed by atoms with Crippen molar-refractivity contribution in [2.24, 2.45) is 0 Å². The summed E-state index contributed by atoms with van der Waals surface area (Å²) in [4.78, 5) is 4.46. The smallest absolute Gasteiger partial charge is 0.123 e. The van der Waals surface area contributed by atoms with Gasteiger partial charge in [0.2, 0.25) is 0 Å². The van der Waals surface area contributed by atoms with Crippen molar-refractivity contribution in [1.29, 1.82) is 5.26 Å². The Balaban J connectivity index is 1.41. The first-order valence-corrected chi connectivity index (χ1v) is 12.1. The number of halogens is 2. The molecule has 3 aromatic rings. The Morgan fingerprint density at radius 3 is 2.71 bits per heavy atom. The van der Waals surface area contributed by atoms with Gasteiger partial charge in [0.25, 0.3) is 0 Å². The number of rotatable bonds is 7. The third-order valence-electron chi connectivity index (χ3n) is 6.85. The molecule has 1 atom stereocenters. The zero-order valence-electron chi connectivity index (χ0n) is 19.2. The predicted molar refractivity (Wildman–Crippen MR) is 135 cm³/mol. The molecule has 2 saturated carbocycles. The van der Waals surface area contributed by atoms with Crippen LogP contribution in [0.4, 0.5) is 15.8 Å². The summed E-state index contributed by atoms with van der Waals surface area (Å²) >= 11 is 6.69. The summed E-state index contributed by atoms with van der Waals surface area (Å²) in [5, 5.41) is 20.2. The van der Waals surface area contributed by atoms with E-state index in [9.17, 15) is 9.65 Å². The number of anilines is 2. The monoisotopic (exact) mass is 489 g/mol. The fourth-order valence-corrected chi connectivity index (χ4v) is 4.65. The normalized spacial score (nSPS) is 19.0. The van der Waals surface area contributed by atoms with Gasteiger partial charge in [-0.3, -0.25) is 9.99 Å². The van der Waals surface area contributed by atoms with Crippen molar-refractivity contribution < 1.29 is 4.39 Å². The maximum Gasteiger partial charge on any atom is 0.123 e. The number of benzene rings is 2. The molecule has 2 fully saturated rings. The van der Waals surface area contributed by atoms with Gasteiger partial charge >= 0.3 is 0 Å². The Kier molecular flexibility index (Phi) is 5.20. The van der Waals surface area contributed by atoms with E-state index in [1.165, 1.54) is 12.1 Å². The second-order valence-corrected chi connectivity index (χ2v) is 10.2. The summed E-state index contributed by atoms with van der Waals surface area (Å²) in [5.41, 5.74) is 10.9. The van der Waals surface area contributed by atoms with Crippen molar-refractivity contribution in [2.45, 2.75) is 50.2 Å². The first-order valence-electron chi connectivity index (χ1n) is 11.8. The van der Waals surface area contributed by atoms with E-state index in [2.05, 4.69) is 50.8 Å². The molecule has 3 aliphatic rings. The highest BCUT2D eigenvalue weighted by atomic mass is 35.5. The molecule has 1 unspecified atom stereocenters. The van der Waals surface area contributed by atoms with Gasteiger partial charge in [0.05, 0.1) is 33.5 Å². The van der Waals surface area contributed by atoms with Crippen LogP contribution < -0.4 is 21.6 Å². The second-order valence-electron chi connectivity index (χ2n) is 9.79. The molecule has 4 N–H and O–H groups in total. The van der Waals surface area contributed by atoms with E-state index in [1.54, 1.807) is 18.3 Å². The van der Waals surface area contributed by atoms with Gasteiger partial charge in [0.15, 0.2) is 0 Å². The van der Waals surface area contributed by atoms with Crippen LogP contribution in [0.5, 0.6) is 0 Å². The molecule has 0 amide bonds. The van der Waals surface area contributed by atoms with Crippen LogP contribution >= 0.6 is 11.6 Å². The highest BCUT2D eigenvalue weighted by Gasteiger charge is 2.38. The maximum atomic E-state index is 13.7. The lowest BCUT2D eigenvalue weighted by Crippen LogP contribution is -2.38. The number of hydrogen-bond donors (Lipinski definition) is 4. The van der Waals surface area contributed by atoms with E-state index < -0.39 is 0 Å². The average molecular weight is 490 g/mol. The van der Waals surface area contributed by atoms with Crippen molar-refractivity contribution >= 4 is 33.9 Å². The number of hydrogen-bond acceptors (Lipinski definition) is 7. The minimum atomic E-state index is -0.287. The van der Waals surface area contributed by atoms with Gasteiger partial charge in [0.1, 0.15) is 11.9 Å². The molecule has 35 heavy (non-hydrogen) atoms. The average Bonchev–Trinajstić information content (AvgIpc) is 3.78. The maximum absolute atomic E-state index is 13.7. The Bertz CT molecular complexity index is 1370. The van der Waals surface area contributed by atoms with Crippen LogP contribution in [0.3, 0.4) is 0 Å². The molecule has 6 rings (SSSR count). The highest BCUT2D eigenvalue weighted by Crippen LogP contribution is 2.42. The lowest BCUT2D eigenvalue weighted by atomic mass is 10.0. The molecule has 0 bridgehead atoms. The first kappa shape index (κ1) is 22.0. The quantitative estimate of drug-likeness (QED) is 0.356. The predicted octanol–water partition coefficient (Wildman–Crippen LogP) is 5.35. The third-order valence-corrected chi connectivity index (χ3v) is 7.13. The Labute approximate surface area is 207 Å². The number of nitrogens with zero attached hydrogens (tertiary/aromatic N) is 3. The molecular weight excluding hydrogens is 465 g/mol. The molecule has 2 aromatic carbocycles. The lowest BCUT2D eigenvalue weighted by molar-refractivity contribution is 0.260. The van der Waals surface area contributed by atoms with Gasteiger partial charge < -0.3 is 16.1 Å². The van der Waals surface area contributed by atoms with E-state index >= 15 is 0 Å². The van der Waals surface area contributed by atoms with E-state index in [0.717, 1.165) is 53.7 Å². The zero-order valence-corrected chi connectivity index (χ0v) is 20.0. The van der Waals surface area contributed by atoms with Crippen molar-refractivity contribution in [1.82, 2.24) is 21.0 Å². The summed E-state index contributed by atoms with van der Waals surface area (Å²) < 4.78 is 13.7. The van der Waals surface area contributed by atoms with Crippen molar-refractivity contribution in [3.8, 4) is 6.07 Å². The fourth-order valence-electron chi connectivity index (χ4n) is 4.38. The van der Waals surface area contributed by atoms with E-state index in [1.807, 2.05) is 12.1 Å². The Morgan fingerprint density at radius 1 is 1.26 bits per heavy atom. The van der Waals surface area contributed by atoms with Crippen LogP contribution in [0.25, 0.3) is 10.9 Å². The van der Waals surface area contributed by atoms with Crippen molar-refractivity contribution in [3.63, 3.8) is 0 Å². The zero-order chi connectivity index (χ0) is 24.2. The molecule has 178 valence electrons. The van der Waals surface area contributed by atoms with Crippen LogP contribution in [-0.4, -0.2) is 21.6 Å². The molecule has 1 aromatic heterocycles. The number of nitrogens with one attached hydrogen (secondary N) is 4. The van der Waals surface area contributed by atoms with Crippen LogP contribution in [-0.2, 0) is 0 Å². The van der Waals surface area contributed by atoms with Gasteiger partial charge in [-0.2, -0.15) is 5.26 Å². The second kappa shape index (κ2) is 8.29. The number of pyridine rings is 1. The van der Waals surface area contributed by atoms with Crippen molar-refractivity contribution in [2.75, 3.05) is 10.6 Å². The van der Waals surface area contributed by atoms with Crippen LogP contribution in [0.15, 0.2) is 54.5 Å².